The van der Waals surface area contributed by atoms with Gasteiger partial charge >= 0.3 is 0 Å². The average molecular weight is 402 g/mol. The van der Waals surface area contributed by atoms with Gasteiger partial charge in [0.05, 0.1) is 11.4 Å². The van der Waals surface area contributed by atoms with Gasteiger partial charge < -0.3 is 9.80 Å². The van der Waals surface area contributed by atoms with E-state index in [0.717, 1.165) is 37.5 Å². The summed E-state index contributed by atoms with van der Waals surface area (Å²) >= 11 is 1.79. The van der Waals surface area contributed by atoms with Crippen LogP contribution in [0, 0.1) is 0 Å². The summed E-state index contributed by atoms with van der Waals surface area (Å²) in [7, 11) is 2.10. The van der Waals surface area contributed by atoms with Crippen molar-refractivity contribution in [3.8, 4) is 0 Å². The maximum absolute atomic E-state index is 12.5. The van der Waals surface area contributed by atoms with Crippen molar-refractivity contribution in [3.63, 3.8) is 0 Å². The van der Waals surface area contributed by atoms with E-state index in [0.29, 0.717) is 0 Å². The first-order valence-electron chi connectivity index (χ1n) is 6.99. The van der Waals surface area contributed by atoms with E-state index < -0.39 is 0 Å². The second-order valence-electron chi connectivity index (χ2n) is 5.35. The van der Waals surface area contributed by atoms with Gasteiger partial charge in [0.1, 0.15) is 0 Å². The highest BCUT2D eigenvalue weighted by Crippen LogP contribution is 2.32. The van der Waals surface area contributed by atoms with E-state index in [2.05, 4.69) is 28.3 Å². The van der Waals surface area contributed by atoms with Crippen LogP contribution in [0.25, 0.3) is 0 Å². The molecule has 1 N–H and O–H groups in total. The van der Waals surface area contributed by atoms with Gasteiger partial charge in [-0.15, -0.1) is 49.0 Å². The largest absolute Gasteiger partial charge is 0.339 e. The van der Waals surface area contributed by atoms with E-state index in [1.165, 1.54) is 0 Å². The summed E-state index contributed by atoms with van der Waals surface area (Å²) in [6.45, 7) is 3.63. The van der Waals surface area contributed by atoms with Crippen molar-refractivity contribution < 1.29 is 4.79 Å². The van der Waals surface area contributed by atoms with Crippen LogP contribution in [0.5, 0.6) is 0 Å². The molecule has 1 amide bonds. The minimum absolute atomic E-state index is 0. The van der Waals surface area contributed by atoms with Crippen molar-refractivity contribution >= 4 is 54.9 Å². The fraction of sp³-hybridized carbons (Fsp3) is 0.571. The van der Waals surface area contributed by atoms with E-state index in [1.54, 1.807) is 18.0 Å². The number of amides is 1. The number of nitrogens with one attached hydrogen (secondary N) is 1. The van der Waals surface area contributed by atoms with Crippen molar-refractivity contribution in [1.29, 1.82) is 0 Å². The number of aromatic nitrogens is 1. The Labute approximate surface area is 160 Å². The second kappa shape index (κ2) is 10.6. The van der Waals surface area contributed by atoms with Gasteiger partial charge in [0, 0.05) is 44.3 Å². The molecule has 0 aromatic carbocycles. The van der Waals surface area contributed by atoms with Gasteiger partial charge in [-0.2, -0.15) is 0 Å². The zero-order valence-corrected chi connectivity index (χ0v) is 16.1. The van der Waals surface area contributed by atoms with Gasteiger partial charge in [0.2, 0.25) is 5.91 Å². The molecule has 0 spiro atoms. The zero-order valence-electron chi connectivity index (χ0n) is 12.9. The Morgan fingerprint density at radius 1 is 1.26 bits per heavy atom. The monoisotopic (exact) mass is 400 g/mol. The number of halogens is 3. The minimum Gasteiger partial charge on any atom is -0.339 e. The number of rotatable bonds is 2. The molecule has 2 aliphatic heterocycles. The van der Waals surface area contributed by atoms with E-state index >= 15 is 0 Å². The number of carbonyl (C=O) groups excluding carboxylic acids is 1. The molecule has 0 aliphatic carbocycles. The standard InChI is InChI=1S/C14H20N4OS.3ClH/c1-17-5-7-18(8-6-17)14(19)12-10-20-13(16-12)11-3-2-4-15-9-11;;;/h2-4,9,12-13,16H,5-8,10H2,1H3;3*1H. The topological polar surface area (TPSA) is 48.5 Å². The first-order chi connectivity index (χ1) is 9.74. The summed E-state index contributed by atoms with van der Waals surface area (Å²) in [5.41, 5.74) is 1.14. The highest BCUT2D eigenvalue weighted by atomic mass is 35.5. The van der Waals surface area contributed by atoms with Crippen molar-refractivity contribution in [2.45, 2.75) is 11.4 Å². The predicted octanol–water partition coefficient (Wildman–Crippen LogP) is 1.82. The normalized spacial score (nSPS) is 24.1. The van der Waals surface area contributed by atoms with Gasteiger partial charge in [-0.25, -0.2) is 0 Å². The lowest BCUT2D eigenvalue weighted by Crippen LogP contribution is -2.52. The van der Waals surface area contributed by atoms with Gasteiger partial charge in [0.15, 0.2) is 0 Å². The summed E-state index contributed by atoms with van der Waals surface area (Å²) in [6.07, 6.45) is 3.64. The molecule has 2 atom stereocenters. The number of pyridine rings is 1. The molecule has 0 bridgehead atoms. The molecule has 1 aromatic heterocycles. The van der Waals surface area contributed by atoms with Gasteiger partial charge in [-0.05, 0) is 18.7 Å². The Balaban J connectivity index is 0.00000161. The molecule has 23 heavy (non-hydrogen) atoms. The highest BCUT2D eigenvalue weighted by molar-refractivity contribution is 7.99. The quantitative estimate of drug-likeness (QED) is 0.819. The Kier molecular flexibility index (Phi) is 10.5. The highest BCUT2D eigenvalue weighted by Gasteiger charge is 2.33. The molecule has 0 saturated carbocycles. The number of thioether (sulfide) groups is 1. The zero-order chi connectivity index (χ0) is 13.9. The maximum Gasteiger partial charge on any atom is 0.240 e. The van der Waals surface area contributed by atoms with Gasteiger partial charge in [0.25, 0.3) is 0 Å². The van der Waals surface area contributed by atoms with Crippen LogP contribution in [0.3, 0.4) is 0 Å². The number of nitrogens with zero attached hydrogens (tertiary/aromatic N) is 3. The van der Waals surface area contributed by atoms with Gasteiger partial charge in [-0.3, -0.25) is 15.1 Å². The molecule has 3 heterocycles. The Bertz CT molecular complexity index is 474. The van der Waals surface area contributed by atoms with Crippen molar-refractivity contribution in [2.75, 3.05) is 39.0 Å². The molecule has 9 heteroatoms. The third-order valence-electron chi connectivity index (χ3n) is 3.88. The third-order valence-corrected chi connectivity index (χ3v) is 5.15. The lowest BCUT2D eigenvalue weighted by molar-refractivity contribution is -0.134. The van der Waals surface area contributed by atoms with E-state index in [9.17, 15) is 4.79 Å². The number of piperazine rings is 1. The molecule has 2 aliphatic rings. The minimum atomic E-state index is -0.0615. The van der Waals surface area contributed by atoms with E-state index in [-0.39, 0.29) is 54.5 Å². The molecular weight excluding hydrogens is 379 g/mol. The Hall–Kier alpha value is -0.240. The molecule has 3 rings (SSSR count). The third kappa shape index (κ3) is 5.66. The molecule has 1 aromatic rings. The first-order valence-corrected chi connectivity index (χ1v) is 8.04. The van der Waals surface area contributed by atoms with Gasteiger partial charge in [-0.1, -0.05) is 6.07 Å². The first kappa shape index (κ1) is 22.8. The second-order valence-corrected chi connectivity index (χ2v) is 6.49. The number of likely N-dealkylation sites (N-methyl/N-ethyl adjacent to an activating group) is 1. The fourth-order valence-electron chi connectivity index (χ4n) is 2.58. The molecule has 2 fully saturated rings. The molecule has 2 saturated heterocycles. The maximum atomic E-state index is 12.5. The summed E-state index contributed by atoms with van der Waals surface area (Å²) in [5.74, 6) is 1.09. The van der Waals surface area contributed by atoms with Crippen LogP contribution in [-0.4, -0.2) is 65.7 Å². The smallest absolute Gasteiger partial charge is 0.240 e. The number of hydrogen-bond acceptors (Lipinski definition) is 5. The SMILES string of the molecule is CN1CCN(C(=O)C2CSC(c3cccnc3)N2)CC1.Cl.Cl.Cl. The van der Waals surface area contributed by atoms with Crippen molar-refractivity contribution in [1.82, 2.24) is 20.1 Å². The summed E-state index contributed by atoms with van der Waals surface area (Å²) < 4.78 is 0. The molecule has 5 nitrogen and oxygen atoms in total. The van der Waals surface area contributed by atoms with Crippen LogP contribution >= 0.6 is 49.0 Å². The van der Waals surface area contributed by atoms with Crippen LogP contribution < -0.4 is 5.32 Å². The lowest BCUT2D eigenvalue weighted by Gasteiger charge is -2.33. The molecule has 132 valence electrons. The summed E-state index contributed by atoms with van der Waals surface area (Å²) in [5, 5.41) is 3.62. The van der Waals surface area contributed by atoms with Crippen molar-refractivity contribution in [2.24, 2.45) is 0 Å². The van der Waals surface area contributed by atoms with Crippen molar-refractivity contribution in [3.05, 3.63) is 30.1 Å². The van der Waals surface area contributed by atoms with Crippen LogP contribution in [0.15, 0.2) is 24.5 Å². The lowest BCUT2D eigenvalue weighted by atomic mass is 10.2. The van der Waals surface area contributed by atoms with Crippen LogP contribution in [0.1, 0.15) is 10.9 Å². The molecule has 0 radical (unpaired) electrons. The van der Waals surface area contributed by atoms with E-state index in [1.807, 2.05) is 17.2 Å². The number of hydrogen-bond donors (Lipinski definition) is 1. The van der Waals surface area contributed by atoms with Crippen LogP contribution in [-0.2, 0) is 4.79 Å². The average Bonchev–Trinajstić information content (AvgIpc) is 2.98. The fourth-order valence-corrected chi connectivity index (χ4v) is 3.80. The van der Waals surface area contributed by atoms with E-state index in [4.69, 9.17) is 0 Å². The Morgan fingerprint density at radius 3 is 2.57 bits per heavy atom. The predicted molar refractivity (Wildman–Crippen MR) is 102 cm³/mol. The van der Waals surface area contributed by atoms with Crippen LogP contribution in [0.2, 0.25) is 0 Å². The summed E-state index contributed by atoms with van der Waals surface area (Å²) in [4.78, 5) is 20.9. The Morgan fingerprint density at radius 2 is 1.96 bits per heavy atom. The molecular formula is C14H23Cl3N4OS. The van der Waals surface area contributed by atoms with Crippen LogP contribution in [0.4, 0.5) is 0 Å². The summed E-state index contributed by atoms with van der Waals surface area (Å²) in [6, 6.07) is 3.93. The molecule has 2 unspecified atom stereocenters. The number of carbonyl (C=O) groups is 1.